The topological polar surface area (TPSA) is 51.4 Å². The van der Waals surface area contributed by atoms with E-state index in [-0.39, 0.29) is 0 Å². The van der Waals surface area contributed by atoms with Crippen LogP contribution >= 0.6 is 11.3 Å². The molecule has 0 bridgehead atoms. The maximum absolute atomic E-state index is 5.94. The smallest absolute Gasteiger partial charge is 0.257 e. The number of hydrogen-bond donors (Lipinski definition) is 0. The molecule has 1 fully saturated rings. The number of methoxy groups -OCH3 is 1. The van der Waals surface area contributed by atoms with E-state index in [1.165, 1.54) is 5.56 Å². The molecule has 1 aromatic carbocycles. The summed E-state index contributed by atoms with van der Waals surface area (Å²) in [7, 11) is 1.69. The van der Waals surface area contributed by atoms with Crippen molar-refractivity contribution in [2.24, 2.45) is 0 Å². The lowest BCUT2D eigenvalue weighted by Gasteiger charge is -2.31. The third kappa shape index (κ3) is 3.75. The highest BCUT2D eigenvalue weighted by Crippen LogP contribution is 2.30. The van der Waals surface area contributed by atoms with E-state index in [4.69, 9.17) is 9.15 Å². The van der Waals surface area contributed by atoms with E-state index >= 15 is 0 Å². The van der Waals surface area contributed by atoms with Crippen molar-refractivity contribution < 1.29 is 9.15 Å². The van der Waals surface area contributed by atoms with Crippen molar-refractivity contribution in [3.05, 3.63) is 53.2 Å². The zero-order valence-electron chi connectivity index (χ0n) is 14.2. The predicted octanol–water partition coefficient (Wildman–Crippen LogP) is 4.19. The Bertz CT molecular complexity index is 798. The Balaban J connectivity index is 1.42. The molecule has 1 aliphatic heterocycles. The minimum atomic E-state index is 0.313. The number of thiophene rings is 1. The van der Waals surface area contributed by atoms with Crippen LogP contribution in [-0.2, 0) is 6.54 Å². The number of likely N-dealkylation sites (tertiary alicyclic amines) is 1. The number of hydrogen-bond acceptors (Lipinski definition) is 6. The van der Waals surface area contributed by atoms with Gasteiger partial charge in [-0.3, -0.25) is 4.90 Å². The number of aromatic nitrogens is 2. The monoisotopic (exact) mass is 355 g/mol. The first-order chi connectivity index (χ1) is 12.3. The molecule has 5 nitrogen and oxygen atoms in total. The Morgan fingerprint density at radius 1 is 1.24 bits per heavy atom. The molecule has 4 rings (SSSR count). The summed E-state index contributed by atoms with van der Waals surface area (Å²) in [4.78, 5) is 3.50. The Morgan fingerprint density at radius 2 is 2.12 bits per heavy atom. The Labute approximate surface area is 151 Å². The predicted molar refractivity (Wildman–Crippen MR) is 97.9 cm³/mol. The third-order valence-electron chi connectivity index (χ3n) is 4.59. The van der Waals surface area contributed by atoms with Gasteiger partial charge in [-0.25, -0.2) is 0 Å². The van der Waals surface area contributed by atoms with Crippen LogP contribution in [0.15, 0.2) is 46.2 Å². The standard InChI is InChI=1S/C19H21N3O2S/c1-23-16-8-6-14(7-9-16)12-22-10-2-4-15(13-22)18-20-21-19(24-18)17-5-3-11-25-17/h3,5-9,11,15H,2,4,10,12-13H2,1H3/t15-/m1/s1. The molecule has 0 spiro atoms. The van der Waals surface area contributed by atoms with Gasteiger partial charge in [0.2, 0.25) is 5.89 Å². The zero-order valence-corrected chi connectivity index (χ0v) is 15.0. The highest BCUT2D eigenvalue weighted by molar-refractivity contribution is 7.13. The molecule has 0 aliphatic carbocycles. The summed E-state index contributed by atoms with van der Waals surface area (Å²) in [5.74, 6) is 2.61. The van der Waals surface area contributed by atoms with E-state index in [1.54, 1.807) is 18.4 Å². The summed E-state index contributed by atoms with van der Waals surface area (Å²) < 4.78 is 11.2. The summed E-state index contributed by atoms with van der Waals surface area (Å²) in [6.07, 6.45) is 2.25. The molecule has 1 saturated heterocycles. The summed E-state index contributed by atoms with van der Waals surface area (Å²) in [5, 5.41) is 10.6. The van der Waals surface area contributed by atoms with Gasteiger partial charge in [-0.1, -0.05) is 18.2 Å². The molecule has 3 aromatic rings. The molecule has 2 aromatic heterocycles. The van der Waals surface area contributed by atoms with Crippen LogP contribution in [0.3, 0.4) is 0 Å². The molecule has 1 aliphatic rings. The van der Waals surface area contributed by atoms with Gasteiger partial charge in [0.05, 0.1) is 17.9 Å². The average molecular weight is 355 g/mol. The minimum Gasteiger partial charge on any atom is -0.497 e. The fraction of sp³-hybridized carbons (Fsp3) is 0.368. The first-order valence-electron chi connectivity index (χ1n) is 8.54. The summed E-state index contributed by atoms with van der Waals surface area (Å²) in [6.45, 7) is 3.00. The molecule has 3 heterocycles. The SMILES string of the molecule is COc1ccc(CN2CCC[C@@H](c3nnc(-c4cccs4)o3)C2)cc1. The van der Waals surface area contributed by atoms with Gasteiger partial charge >= 0.3 is 0 Å². The Kier molecular flexibility index (Phi) is 4.81. The van der Waals surface area contributed by atoms with Crippen LogP contribution in [0.5, 0.6) is 5.75 Å². The molecule has 0 unspecified atom stereocenters. The van der Waals surface area contributed by atoms with E-state index in [0.29, 0.717) is 11.8 Å². The lowest BCUT2D eigenvalue weighted by molar-refractivity contribution is 0.186. The fourth-order valence-electron chi connectivity index (χ4n) is 3.29. The first kappa shape index (κ1) is 16.3. The van der Waals surface area contributed by atoms with Gasteiger partial charge in [0.25, 0.3) is 5.89 Å². The number of benzene rings is 1. The minimum absolute atomic E-state index is 0.313. The second kappa shape index (κ2) is 7.37. The van der Waals surface area contributed by atoms with Crippen molar-refractivity contribution in [2.45, 2.75) is 25.3 Å². The molecular weight excluding hydrogens is 334 g/mol. The maximum atomic E-state index is 5.94. The van der Waals surface area contributed by atoms with Crippen molar-refractivity contribution in [3.63, 3.8) is 0 Å². The molecule has 6 heteroatoms. The number of nitrogens with zero attached hydrogens (tertiary/aromatic N) is 3. The van der Waals surface area contributed by atoms with Crippen LogP contribution in [0, 0.1) is 0 Å². The summed E-state index contributed by atoms with van der Waals surface area (Å²) in [6, 6.07) is 12.3. The van der Waals surface area contributed by atoms with Crippen molar-refractivity contribution in [1.82, 2.24) is 15.1 Å². The Hall–Kier alpha value is -2.18. The van der Waals surface area contributed by atoms with E-state index in [0.717, 1.165) is 49.0 Å². The number of rotatable bonds is 5. The van der Waals surface area contributed by atoms with Gasteiger partial charge in [-0.2, -0.15) is 0 Å². The van der Waals surface area contributed by atoms with Crippen LogP contribution in [0.1, 0.15) is 30.2 Å². The largest absolute Gasteiger partial charge is 0.497 e. The normalized spacial score (nSPS) is 18.4. The van der Waals surface area contributed by atoms with Gasteiger partial charge < -0.3 is 9.15 Å². The van der Waals surface area contributed by atoms with Crippen LogP contribution in [0.25, 0.3) is 10.8 Å². The van der Waals surface area contributed by atoms with E-state index in [2.05, 4.69) is 27.2 Å². The van der Waals surface area contributed by atoms with Crippen LogP contribution in [0.2, 0.25) is 0 Å². The molecule has 1 atom stereocenters. The molecule has 0 N–H and O–H groups in total. The summed E-state index contributed by atoms with van der Waals surface area (Å²) in [5.41, 5.74) is 1.30. The van der Waals surface area contributed by atoms with Gasteiger partial charge in [0, 0.05) is 13.1 Å². The molecule has 0 radical (unpaired) electrons. The van der Waals surface area contributed by atoms with E-state index in [1.807, 2.05) is 29.6 Å². The molecule has 0 saturated carbocycles. The second-order valence-electron chi connectivity index (χ2n) is 6.35. The average Bonchev–Trinajstić information content (AvgIpc) is 3.34. The number of ether oxygens (including phenoxy) is 1. The van der Waals surface area contributed by atoms with Crippen molar-refractivity contribution in [3.8, 4) is 16.5 Å². The lowest BCUT2D eigenvalue weighted by Crippen LogP contribution is -2.34. The van der Waals surface area contributed by atoms with Crippen LogP contribution in [0.4, 0.5) is 0 Å². The van der Waals surface area contributed by atoms with Gasteiger partial charge in [0.1, 0.15) is 5.75 Å². The van der Waals surface area contributed by atoms with Gasteiger partial charge in [0.15, 0.2) is 0 Å². The van der Waals surface area contributed by atoms with Crippen molar-refractivity contribution in [1.29, 1.82) is 0 Å². The lowest BCUT2D eigenvalue weighted by atomic mass is 9.97. The van der Waals surface area contributed by atoms with Crippen LogP contribution < -0.4 is 4.74 Å². The van der Waals surface area contributed by atoms with Crippen LogP contribution in [-0.4, -0.2) is 35.3 Å². The second-order valence-corrected chi connectivity index (χ2v) is 7.29. The third-order valence-corrected chi connectivity index (χ3v) is 5.45. The maximum Gasteiger partial charge on any atom is 0.257 e. The number of piperidine rings is 1. The Morgan fingerprint density at radius 3 is 2.88 bits per heavy atom. The van der Waals surface area contributed by atoms with Crippen molar-refractivity contribution in [2.75, 3.05) is 20.2 Å². The van der Waals surface area contributed by atoms with Gasteiger partial charge in [-0.15, -0.1) is 21.5 Å². The summed E-state index contributed by atoms with van der Waals surface area (Å²) >= 11 is 1.62. The molecular formula is C19H21N3O2S. The molecule has 25 heavy (non-hydrogen) atoms. The highest BCUT2D eigenvalue weighted by Gasteiger charge is 2.26. The molecule has 130 valence electrons. The zero-order chi connectivity index (χ0) is 17.1. The first-order valence-corrected chi connectivity index (χ1v) is 9.42. The fourth-order valence-corrected chi connectivity index (χ4v) is 3.93. The molecule has 0 amide bonds. The quantitative estimate of drug-likeness (QED) is 0.687. The van der Waals surface area contributed by atoms with E-state index in [9.17, 15) is 0 Å². The highest BCUT2D eigenvalue weighted by atomic mass is 32.1. The van der Waals surface area contributed by atoms with E-state index < -0.39 is 0 Å². The van der Waals surface area contributed by atoms with Crippen molar-refractivity contribution >= 4 is 11.3 Å². The van der Waals surface area contributed by atoms with Gasteiger partial charge in [-0.05, 0) is 48.5 Å².